The second kappa shape index (κ2) is 4.82. The first-order valence-electron chi connectivity index (χ1n) is 4.92. The van der Waals surface area contributed by atoms with Crippen molar-refractivity contribution in [3.8, 4) is 11.6 Å². The highest BCUT2D eigenvalue weighted by Crippen LogP contribution is 2.34. The van der Waals surface area contributed by atoms with E-state index >= 15 is 0 Å². The lowest BCUT2D eigenvalue weighted by atomic mass is 10.2. The lowest BCUT2D eigenvalue weighted by molar-refractivity contribution is 0.463. The maximum atomic E-state index is 6.00. The molecule has 0 bridgehead atoms. The van der Waals surface area contributed by atoms with E-state index < -0.39 is 0 Å². The smallest absolute Gasteiger partial charge is 0.219 e. The first-order chi connectivity index (χ1) is 8.08. The highest BCUT2D eigenvalue weighted by molar-refractivity contribution is 6.42. The van der Waals surface area contributed by atoms with Crippen molar-refractivity contribution in [2.24, 2.45) is 0 Å². The Kier molecular flexibility index (Phi) is 3.41. The number of nitrogens with zero attached hydrogens (tertiary/aromatic N) is 1. The summed E-state index contributed by atoms with van der Waals surface area (Å²) in [7, 11) is 0. The molecule has 0 fully saturated rings. The molecule has 1 heterocycles. The Hall–Kier alpha value is -1.45. The number of hydrogen-bond donors (Lipinski definition) is 1. The van der Waals surface area contributed by atoms with Gasteiger partial charge in [-0.05, 0) is 24.6 Å². The molecule has 1 aromatic heterocycles. The second-order valence-electron chi connectivity index (χ2n) is 3.53. The fourth-order valence-electron chi connectivity index (χ4n) is 1.27. The first-order valence-corrected chi connectivity index (χ1v) is 5.67. The lowest BCUT2D eigenvalue weighted by Gasteiger charge is -2.08. The number of benzene rings is 1. The van der Waals surface area contributed by atoms with Gasteiger partial charge in [-0.15, -0.1) is 0 Å². The second-order valence-corrected chi connectivity index (χ2v) is 4.32. The van der Waals surface area contributed by atoms with Gasteiger partial charge in [0.15, 0.2) is 0 Å². The van der Waals surface area contributed by atoms with Gasteiger partial charge in [0, 0.05) is 6.07 Å². The summed E-state index contributed by atoms with van der Waals surface area (Å²) < 4.78 is 5.54. The molecule has 0 atom stereocenters. The number of ether oxygens (including phenoxy) is 1. The molecular formula is C12H10Cl2N2O. The van der Waals surface area contributed by atoms with Crippen LogP contribution in [0.4, 0.5) is 5.69 Å². The molecule has 5 heteroatoms. The van der Waals surface area contributed by atoms with Crippen molar-refractivity contribution in [1.29, 1.82) is 0 Å². The van der Waals surface area contributed by atoms with Crippen molar-refractivity contribution in [3.63, 3.8) is 0 Å². The van der Waals surface area contributed by atoms with Gasteiger partial charge in [-0.3, -0.25) is 0 Å². The first kappa shape index (κ1) is 12.0. The van der Waals surface area contributed by atoms with Crippen LogP contribution >= 0.6 is 23.2 Å². The number of nitrogen functional groups attached to an aromatic ring is 1. The minimum atomic E-state index is 0.366. The zero-order chi connectivity index (χ0) is 12.4. The van der Waals surface area contributed by atoms with Gasteiger partial charge in [0.05, 0.1) is 16.9 Å². The summed E-state index contributed by atoms with van der Waals surface area (Å²) in [6, 6.07) is 6.92. The monoisotopic (exact) mass is 268 g/mol. The SMILES string of the molecule is Cc1cc(Oc2cccc(Cl)c2Cl)ncc1N. The lowest BCUT2D eigenvalue weighted by Crippen LogP contribution is -1.94. The van der Waals surface area contributed by atoms with Crippen molar-refractivity contribution in [3.05, 3.63) is 46.1 Å². The van der Waals surface area contributed by atoms with E-state index in [1.807, 2.05) is 6.92 Å². The number of anilines is 1. The number of pyridine rings is 1. The van der Waals surface area contributed by atoms with Crippen LogP contribution in [0, 0.1) is 6.92 Å². The highest BCUT2D eigenvalue weighted by atomic mass is 35.5. The number of hydrogen-bond acceptors (Lipinski definition) is 3. The normalized spacial score (nSPS) is 10.3. The molecule has 17 heavy (non-hydrogen) atoms. The van der Waals surface area contributed by atoms with Crippen molar-refractivity contribution < 1.29 is 4.74 Å². The minimum absolute atomic E-state index is 0.366. The molecule has 1 aromatic carbocycles. The zero-order valence-electron chi connectivity index (χ0n) is 9.08. The third-order valence-electron chi connectivity index (χ3n) is 2.26. The third kappa shape index (κ3) is 2.62. The Morgan fingerprint density at radius 3 is 2.76 bits per heavy atom. The Bertz CT molecular complexity index is 558. The van der Waals surface area contributed by atoms with E-state index in [4.69, 9.17) is 33.7 Å². The Morgan fingerprint density at radius 1 is 1.29 bits per heavy atom. The van der Waals surface area contributed by atoms with E-state index in [9.17, 15) is 0 Å². The predicted molar refractivity (Wildman–Crippen MR) is 69.9 cm³/mol. The quantitative estimate of drug-likeness (QED) is 0.893. The van der Waals surface area contributed by atoms with Gasteiger partial charge < -0.3 is 10.5 Å². The van der Waals surface area contributed by atoms with Crippen molar-refractivity contribution >= 4 is 28.9 Å². The number of aryl methyl sites for hydroxylation is 1. The van der Waals surface area contributed by atoms with Crippen LogP contribution in [-0.2, 0) is 0 Å². The van der Waals surface area contributed by atoms with E-state index in [-0.39, 0.29) is 0 Å². The van der Waals surface area contributed by atoms with Gasteiger partial charge in [0.2, 0.25) is 5.88 Å². The zero-order valence-corrected chi connectivity index (χ0v) is 10.6. The summed E-state index contributed by atoms with van der Waals surface area (Å²) in [5.41, 5.74) is 7.19. The molecule has 0 saturated heterocycles. The predicted octanol–water partition coefficient (Wildman–Crippen LogP) is 4.07. The number of halogens is 2. The largest absolute Gasteiger partial charge is 0.437 e. The van der Waals surface area contributed by atoms with E-state index in [2.05, 4.69) is 4.98 Å². The summed E-state index contributed by atoms with van der Waals surface area (Å²) >= 11 is 11.9. The Balaban J connectivity index is 2.31. The topological polar surface area (TPSA) is 48.1 Å². The van der Waals surface area contributed by atoms with Crippen LogP contribution in [0.2, 0.25) is 10.0 Å². The van der Waals surface area contributed by atoms with Crippen LogP contribution in [0.15, 0.2) is 30.5 Å². The molecule has 0 aliphatic heterocycles. The van der Waals surface area contributed by atoms with Crippen LogP contribution in [0.25, 0.3) is 0 Å². The van der Waals surface area contributed by atoms with Gasteiger partial charge in [-0.25, -0.2) is 4.98 Å². The van der Waals surface area contributed by atoms with Gasteiger partial charge in [0.25, 0.3) is 0 Å². The molecule has 0 amide bonds. The van der Waals surface area contributed by atoms with E-state index in [0.29, 0.717) is 27.4 Å². The van der Waals surface area contributed by atoms with E-state index in [1.165, 1.54) is 0 Å². The Labute approximate surface area is 109 Å². The molecule has 0 radical (unpaired) electrons. The Morgan fingerprint density at radius 2 is 2.06 bits per heavy atom. The molecule has 0 aliphatic carbocycles. The molecule has 2 N–H and O–H groups in total. The maximum absolute atomic E-state index is 6.00. The summed E-state index contributed by atoms with van der Waals surface area (Å²) in [6.45, 7) is 1.88. The number of rotatable bonds is 2. The highest BCUT2D eigenvalue weighted by Gasteiger charge is 2.07. The van der Waals surface area contributed by atoms with Gasteiger partial charge in [-0.2, -0.15) is 0 Å². The van der Waals surface area contributed by atoms with Crippen LogP contribution < -0.4 is 10.5 Å². The average Bonchev–Trinajstić information content (AvgIpc) is 2.30. The average molecular weight is 269 g/mol. The van der Waals surface area contributed by atoms with Crippen molar-refractivity contribution in [2.75, 3.05) is 5.73 Å². The minimum Gasteiger partial charge on any atom is -0.437 e. The molecule has 88 valence electrons. The summed E-state index contributed by atoms with van der Waals surface area (Å²) in [6.07, 6.45) is 1.54. The molecular weight excluding hydrogens is 259 g/mol. The van der Waals surface area contributed by atoms with Crippen molar-refractivity contribution in [2.45, 2.75) is 6.92 Å². The van der Waals surface area contributed by atoms with Crippen molar-refractivity contribution in [1.82, 2.24) is 4.98 Å². The fraction of sp³-hybridized carbons (Fsp3) is 0.0833. The molecule has 0 aliphatic rings. The van der Waals surface area contributed by atoms with Crippen LogP contribution in [-0.4, -0.2) is 4.98 Å². The van der Waals surface area contributed by atoms with Gasteiger partial charge in [-0.1, -0.05) is 29.3 Å². The van der Waals surface area contributed by atoms with E-state index in [0.717, 1.165) is 5.56 Å². The van der Waals surface area contributed by atoms with Crippen LogP contribution in [0.5, 0.6) is 11.6 Å². The number of aromatic nitrogens is 1. The van der Waals surface area contributed by atoms with Gasteiger partial charge in [0.1, 0.15) is 10.8 Å². The number of nitrogens with two attached hydrogens (primary N) is 1. The standard InChI is InChI=1S/C12H10Cl2N2O/c1-7-5-11(16-6-9(7)15)17-10-4-2-3-8(13)12(10)14/h2-6H,15H2,1H3. The fourth-order valence-corrected chi connectivity index (χ4v) is 1.60. The van der Waals surface area contributed by atoms with Gasteiger partial charge >= 0.3 is 0 Å². The molecule has 2 aromatic rings. The summed E-state index contributed by atoms with van der Waals surface area (Å²) in [5, 5.41) is 0.807. The third-order valence-corrected chi connectivity index (χ3v) is 3.06. The van der Waals surface area contributed by atoms with Crippen LogP contribution in [0.1, 0.15) is 5.56 Å². The summed E-state index contributed by atoms with van der Waals surface area (Å²) in [5.74, 6) is 0.900. The molecule has 2 rings (SSSR count). The van der Waals surface area contributed by atoms with Crippen LogP contribution in [0.3, 0.4) is 0 Å². The molecule has 0 saturated carbocycles. The summed E-state index contributed by atoms with van der Waals surface area (Å²) in [4.78, 5) is 4.06. The molecule has 0 unspecified atom stereocenters. The van der Waals surface area contributed by atoms with E-state index in [1.54, 1.807) is 30.5 Å². The molecule has 3 nitrogen and oxygen atoms in total. The maximum Gasteiger partial charge on any atom is 0.219 e. The molecule has 0 spiro atoms.